The summed E-state index contributed by atoms with van der Waals surface area (Å²) in [6.45, 7) is 5.38. The number of carbonyl (C=O) groups excluding carboxylic acids is 2. The molecule has 2 aromatic heterocycles. The van der Waals surface area contributed by atoms with E-state index in [1.54, 1.807) is 23.9 Å². The van der Waals surface area contributed by atoms with Gasteiger partial charge in [0, 0.05) is 47.0 Å². The van der Waals surface area contributed by atoms with Crippen LogP contribution in [-0.2, 0) is 16.6 Å². The standard InChI is InChI=1S/C20H21N3O3/c1-12-15(13(2)23(4)22-12)9-10-19(24)26-14(3)20(25)17-11-21-18-8-6-5-7-16(17)18/h5-11,14,21H,1-4H3/b10-9+/t14-/m0/s1. The molecule has 3 rings (SSSR count). The molecule has 6 nitrogen and oxygen atoms in total. The highest BCUT2D eigenvalue weighted by Gasteiger charge is 2.21. The van der Waals surface area contributed by atoms with Gasteiger partial charge in [0.05, 0.1) is 5.69 Å². The van der Waals surface area contributed by atoms with E-state index in [0.29, 0.717) is 5.56 Å². The predicted molar refractivity (Wildman–Crippen MR) is 99.9 cm³/mol. The highest BCUT2D eigenvalue weighted by atomic mass is 16.5. The van der Waals surface area contributed by atoms with E-state index in [1.165, 1.54) is 6.08 Å². The summed E-state index contributed by atoms with van der Waals surface area (Å²) in [6, 6.07) is 7.51. The number of aromatic amines is 1. The van der Waals surface area contributed by atoms with Gasteiger partial charge in [0.15, 0.2) is 6.10 Å². The first kappa shape index (κ1) is 17.7. The molecule has 0 amide bonds. The van der Waals surface area contributed by atoms with Crippen LogP contribution in [0.4, 0.5) is 0 Å². The Bertz CT molecular complexity index is 1010. The Hall–Kier alpha value is -3.15. The molecule has 134 valence electrons. The van der Waals surface area contributed by atoms with E-state index in [0.717, 1.165) is 27.9 Å². The molecule has 0 spiro atoms. The van der Waals surface area contributed by atoms with E-state index in [1.807, 2.05) is 45.2 Å². The van der Waals surface area contributed by atoms with Gasteiger partial charge in [-0.2, -0.15) is 5.10 Å². The third kappa shape index (κ3) is 3.31. The molecule has 0 saturated heterocycles. The molecule has 0 fully saturated rings. The van der Waals surface area contributed by atoms with Crippen LogP contribution in [-0.4, -0.2) is 32.6 Å². The third-order valence-corrected chi connectivity index (χ3v) is 4.47. The van der Waals surface area contributed by atoms with E-state index >= 15 is 0 Å². The number of nitrogens with one attached hydrogen (secondary N) is 1. The number of nitrogens with zero attached hydrogens (tertiary/aromatic N) is 2. The lowest BCUT2D eigenvalue weighted by Crippen LogP contribution is -2.23. The van der Waals surface area contributed by atoms with Crippen LogP contribution >= 0.6 is 0 Å². The normalized spacial score (nSPS) is 12.6. The largest absolute Gasteiger partial charge is 0.451 e. The molecule has 0 saturated carbocycles. The molecule has 3 aromatic rings. The first-order valence-corrected chi connectivity index (χ1v) is 8.37. The highest BCUT2D eigenvalue weighted by Crippen LogP contribution is 2.20. The van der Waals surface area contributed by atoms with Crippen molar-refractivity contribution in [2.24, 2.45) is 7.05 Å². The number of H-pyrrole nitrogens is 1. The van der Waals surface area contributed by atoms with Crippen molar-refractivity contribution >= 4 is 28.7 Å². The summed E-state index contributed by atoms with van der Waals surface area (Å²) in [5, 5.41) is 5.11. The van der Waals surface area contributed by atoms with E-state index in [2.05, 4.69) is 10.1 Å². The smallest absolute Gasteiger partial charge is 0.331 e. The number of hydrogen-bond acceptors (Lipinski definition) is 4. The Morgan fingerprint density at radius 3 is 2.69 bits per heavy atom. The number of carbonyl (C=O) groups is 2. The molecule has 0 bridgehead atoms. The number of aryl methyl sites for hydroxylation is 2. The maximum absolute atomic E-state index is 12.6. The maximum Gasteiger partial charge on any atom is 0.331 e. The molecule has 6 heteroatoms. The van der Waals surface area contributed by atoms with Gasteiger partial charge in [-0.05, 0) is 32.9 Å². The zero-order valence-corrected chi connectivity index (χ0v) is 15.2. The summed E-state index contributed by atoms with van der Waals surface area (Å²) in [4.78, 5) is 27.8. The molecule has 0 aliphatic rings. The number of rotatable bonds is 5. The first-order valence-electron chi connectivity index (χ1n) is 8.37. The molecule has 0 aliphatic heterocycles. The van der Waals surface area contributed by atoms with Crippen LogP contribution in [0, 0.1) is 13.8 Å². The number of Topliss-reactive ketones (excluding diaryl/α,β-unsaturated/α-hetero) is 1. The molecule has 0 aliphatic carbocycles. The summed E-state index contributed by atoms with van der Waals surface area (Å²) in [7, 11) is 1.85. The van der Waals surface area contributed by atoms with Crippen LogP contribution in [0.2, 0.25) is 0 Å². The van der Waals surface area contributed by atoms with Crippen molar-refractivity contribution < 1.29 is 14.3 Å². The zero-order chi connectivity index (χ0) is 18.8. The molecule has 0 unspecified atom stereocenters. The Morgan fingerprint density at radius 1 is 1.27 bits per heavy atom. The second kappa shape index (κ2) is 7.00. The summed E-state index contributed by atoms with van der Waals surface area (Å²) in [5.41, 5.74) is 4.05. The average Bonchev–Trinajstić information content (AvgIpc) is 3.14. The van der Waals surface area contributed by atoms with Gasteiger partial charge in [0.2, 0.25) is 5.78 Å². The van der Waals surface area contributed by atoms with Gasteiger partial charge in [-0.1, -0.05) is 18.2 Å². The fourth-order valence-electron chi connectivity index (χ4n) is 2.94. The van der Waals surface area contributed by atoms with E-state index in [4.69, 9.17) is 4.74 Å². The number of hydrogen-bond donors (Lipinski definition) is 1. The lowest BCUT2D eigenvalue weighted by molar-refractivity contribution is -0.140. The van der Waals surface area contributed by atoms with E-state index in [9.17, 15) is 9.59 Å². The molecule has 2 heterocycles. The second-order valence-electron chi connectivity index (χ2n) is 6.23. The van der Waals surface area contributed by atoms with Crippen molar-refractivity contribution in [1.29, 1.82) is 0 Å². The molecular formula is C20H21N3O3. The lowest BCUT2D eigenvalue weighted by atomic mass is 10.1. The average molecular weight is 351 g/mol. The topological polar surface area (TPSA) is 77.0 Å². The molecular weight excluding hydrogens is 330 g/mol. The van der Waals surface area contributed by atoms with Crippen LogP contribution in [0.1, 0.15) is 34.2 Å². The molecule has 0 radical (unpaired) electrons. The minimum absolute atomic E-state index is 0.238. The Kier molecular flexibility index (Phi) is 4.75. The molecule has 1 N–H and O–H groups in total. The van der Waals surface area contributed by atoms with E-state index in [-0.39, 0.29) is 5.78 Å². The Balaban J connectivity index is 1.71. The van der Waals surface area contributed by atoms with Crippen molar-refractivity contribution in [3.05, 3.63) is 59.1 Å². The fourth-order valence-corrected chi connectivity index (χ4v) is 2.94. The monoisotopic (exact) mass is 351 g/mol. The maximum atomic E-state index is 12.6. The van der Waals surface area contributed by atoms with Crippen molar-refractivity contribution in [2.45, 2.75) is 26.9 Å². The molecule has 26 heavy (non-hydrogen) atoms. The molecule has 1 aromatic carbocycles. The van der Waals surface area contributed by atoms with Gasteiger partial charge < -0.3 is 9.72 Å². The number of benzene rings is 1. The van der Waals surface area contributed by atoms with Crippen LogP contribution < -0.4 is 0 Å². The number of ketones is 1. The summed E-state index contributed by atoms with van der Waals surface area (Å²) in [6.07, 6.45) is 3.77. The zero-order valence-electron chi connectivity index (χ0n) is 15.2. The minimum atomic E-state index is -0.873. The van der Waals surface area contributed by atoms with Gasteiger partial charge in [-0.15, -0.1) is 0 Å². The van der Waals surface area contributed by atoms with Crippen molar-refractivity contribution in [3.8, 4) is 0 Å². The Morgan fingerprint density at radius 2 is 2.00 bits per heavy atom. The SMILES string of the molecule is Cc1nn(C)c(C)c1/C=C/C(=O)O[C@@H](C)C(=O)c1c[nH]c2ccccc12. The summed E-state index contributed by atoms with van der Waals surface area (Å²) >= 11 is 0. The summed E-state index contributed by atoms with van der Waals surface area (Å²) < 4.78 is 7.03. The van der Waals surface area contributed by atoms with Gasteiger partial charge in [-0.25, -0.2) is 4.79 Å². The molecule has 1 atom stereocenters. The van der Waals surface area contributed by atoms with Gasteiger partial charge in [0.1, 0.15) is 0 Å². The van der Waals surface area contributed by atoms with Crippen LogP contribution in [0.5, 0.6) is 0 Å². The number of ether oxygens (including phenoxy) is 1. The highest BCUT2D eigenvalue weighted by molar-refractivity contribution is 6.10. The van der Waals surface area contributed by atoms with E-state index < -0.39 is 12.1 Å². The fraction of sp³-hybridized carbons (Fsp3) is 0.250. The Labute approximate surface area is 151 Å². The number of fused-ring (bicyclic) bond motifs is 1. The van der Waals surface area contributed by atoms with Crippen LogP contribution in [0.15, 0.2) is 36.5 Å². The van der Waals surface area contributed by atoms with Crippen LogP contribution in [0.25, 0.3) is 17.0 Å². The minimum Gasteiger partial charge on any atom is -0.451 e. The number of para-hydroxylation sites is 1. The van der Waals surface area contributed by atoms with Crippen molar-refractivity contribution in [2.75, 3.05) is 0 Å². The van der Waals surface area contributed by atoms with Gasteiger partial charge >= 0.3 is 5.97 Å². The van der Waals surface area contributed by atoms with Gasteiger partial charge in [-0.3, -0.25) is 9.48 Å². The predicted octanol–water partition coefficient (Wildman–Crippen LogP) is 3.35. The van der Waals surface area contributed by atoms with Gasteiger partial charge in [0.25, 0.3) is 0 Å². The third-order valence-electron chi connectivity index (χ3n) is 4.47. The van der Waals surface area contributed by atoms with Crippen LogP contribution in [0.3, 0.4) is 0 Å². The second-order valence-corrected chi connectivity index (χ2v) is 6.23. The van der Waals surface area contributed by atoms with Crippen molar-refractivity contribution in [3.63, 3.8) is 0 Å². The van der Waals surface area contributed by atoms with Crippen molar-refractivity contribution in [1.82, 2.24) is 14.8 Å². The quantitative estimate of drug-likeness (QED) is 0.434. The number of aromatic nitrogens is 3. The lowest BCUT2D eigenvalue weighted by Gasteiger charge is -2.10. The summed E-state index contributed by atoms with van der Waals surface area (Å²) in [5.74, 6) is -0.800. The number of esters is 1. The first-order chi connectivity index (χ1) is 12.4.